The lowest BCUT2D eigenvalue weighted by Gasteiger charge is -2.06. The van der Waals surface area contributed by atoms with Crippen LogP contribution in [0, 0.1) is 0 Å². The Morgan fingerprint density at radius 3 is 2.55 bits per heavy atom. The highest BCUT2D eigenvalue weighted by atomic mass is 16.5. The van der Waals surface area contributed by atoms with E-state index in [1.807, 2.05) is 31.2 Å². The quantitative estimate of drug-likeness (QED) is 0.354. The average Bonchev–Trinajstić information content (AvgIpc) is 3.48. The van der Waals surface area contributed by atoms with Gasteiger partial charge in [0.1, 0.15) is 28.6 Å². The average molecular weight is 452 g/mol. The number of methoxy groups -OCH3 is 1. The van der Waals surface area contributed by atoms with Crippen LogP contribution in [0.3, 0.4) is 0 Å². The number of rotatable bonds is 10. The number of ether oxygens (including phenoxy) is 2. The number of aromatic nitrogens is 2. The molecule has 1 saturated carbocycles. The van der Waals surface area contributed by atoms with Crippen molar-refractivity contribution in [1.82, 2.24) is 9.72 Å². The first-order valence-corrected chi connectivity index (χ1v) is 11.3. The van der Waals surface area contributed by atoms with E-state index in [0.717, 1.165) is 41.2 Å². The molecule has 3 aromatic rings. The Balaban J connectivity index is 1.57. The summed E-state index contributed by atoms with van der Waals surface area (Å²) in [6, 6.07) is 7.70. The number of nitrogens with two attached hydrogens (primary N) is 1. The zero-order valence-electron chi connectivity index (χ0n) is 19.2. The van der Waals surface area contributed by atoms with Crippen LogP contribution in [0.5, 0.6) is 5.75 Å². The summed E-state index contributed by atoms with van der Waals surface area (Å²) in [6.07, 6.45) is 4.36. The number of aryl methyl sites for hydroxylation is 2. The fourth-order valence-electron chi connectivity index (χ4n) is 4.09. The summed E-state index contributed by atoms with van der Waals surface area (Å²) in [4.78, 5) is 25.6. The van der Waals surface area contributed by atoms with Crippen molar-refractivity contribution in [1.29, 1.82) is 0 Å². The van der Waals surface area contributed by atoms with E-state index < -0.39 is 5.97 Å². The highest BCUT2D eigenvalue weighted by Gasteiger charge is 2.33. The summed E-state index contributed by atoms with van der Waals surface area (Å²) in [5.41, 5.74) is 9.40. The molecule has 0 spiro atoms. The minimum absolute atomic E-state index is 0.141. The van der Waals surface area contributed by atoms with Crippen LogP contribution < -0.4 is 10.5 Å². The van der Waals surface area contributed by atoms with Crippen LogP contribution >= 0.6 is 0 Å². The van der Waals surface area contributed by atoms with Crippen LogP contribution in [0.15, 0.2) is 35.0 Å². The van der Waals surface area contributed by atoms with Crippen molar-refractivity contribution in [3.63, 3.8) is 0 Å². The summed E-state index contributed by atoms with van der Waals surface area (Å²) >= 11 is 0. The van der Waals surface area contributed by atoms with Crippen LogP contribution in [0.4, 0.5) is 5.82 Å². The number of nitrogens with zero attached hydrogens (tertiary/aromatic N) is 2. The van der Waals surface area contributed by atoms with Crippen LogP contribution in [-0.2, 0) is 17.7 Å². The van der Waals surface area contributed by atoms with Gasteiger partial charge in [-0.15, -0.1) is 0 Å². The topological polar surface area (TPSA) is 110 Å². The standard InChI is InChI=1S/C25H29N3O5/c1-4-28-14-18(22(24(28)26)25(30)32-5-2)19(29)12-13-20-21(15-6-7-15)23(27-33-20)16-8-10-17(31-3)11-9-16/h8-11,14-15H,4-7,12-13,26H2,1-3H3. The Hall–Kier alpha value is -3.55. The first-order valence-electron chi connectivity index (χ1n) is 11.3. The van der Waals surface area contributed by atoms with Crippen molar-refractivity contribution < 1.29 is 23.6 Å². The Bertz CT molecular complexity index is 1160. The number of carbonyl (C=O) groups is 2. The number of benzene rings is 1. The molecule has 0 amide bonds. The summed E-state index contributed by atoms with van der Waals surface area (Å²) in [7, 11) is 1.63. The van der Waals surface area contributed by atoms with E-state index in [1.165, 1.54) is 0 Å². The Kier molecular flexibility index (Phi) is 6.53. The second-order valence-corrected chi connectivity index (χ2v) is 8.10. The van der Waals surface area contributed by atoms with E-state index in [1.54, 1.807) is 24.8 Å². The maximum absolute atomic E-state index is 13.1. The number of Topliss-reactive ketones (excluding diaryl/α,β-unsaturated/α-hetero) is 1. The van der Waals surface area contributed by atoms with Crippen molar-refractivity contribution in [3.05, 3.63) is 52.9 Å². The third-order valence-corrected chi connectivity index (χ3v) is 5.97. The predicted molar refractivity (Wildman–Crippen MR) is 124 cm³/mol. The Morgan fingerprint density at radius 1 is 1.21 bits per heavy atom. The lowest BCUT2D eigenvalue weighted by atomic mass is 9.98. The number of carbonyl (C=O) groups excluding carboxylic acids is 2. The molecule has 0 atom stereocenters. The molecule has 0 radical (unpaired) electrons. The molecule has 1 aliphatic carbocycles. The van der Waals surface area contributed by atoms with Crippen LogP contribution in [0.1, 0.15) is 71.1 Å². The number of hydrogen-bond acceptors (Lipinski definition) is 7. The fraction of sp³-hybridized carbons (Fsp3) is 0.400. The minimum Gasteiger partial charge on any atom is -0.497 e. The summed E-state index contributed by atoms with van der Waals surface area (Å²) in [5, 5.41) is 4.33. The molecule has 8 heteroatoms. The highest BCUT2D eigenvalue weighted by Crippen LogP contribution is 2.46. The van der Waals surface area contributed by atoms with Crippen molar-refractivity contribution in [2.45, 2.75) is 52.0 Å². The molecule has 0 aliphatic heterocycles. The molecule has 1 aromatic carbocycles. The lowest BCUT2D eigenvalue weighted by molar-refractivity contribution is 0.0524. The largest absolute Gasteiger partial charge is 0.497 e. The molecule has 1 aliphatic rings. The zero-order chi connectivity index (χ0) is 23.5. The van der Waals surface area contributed by atoms with E-state index in [9.17, 15) is 9.59 Å². The van der Waals surface area contributed by atoms with Gasteiger partial charge < -0.3 is 24.3 Å². The monoisotopic (exact) mass is 451 g/mol. The van der Waals surface area contributed by atoms with Crippen LogP contribution in [-0.4, -0.2) is 35.2 Å². The molecule has 0 bridgehead atoms. The molecule has 4 rings (SSSR count). The Morgan fingerprint density at radius 2 is 1.94 bits per heavy atom. The first-order chi connectivity index (χ1) is 16.0. The molecule has 2 N–H and O–H groups in total. The SMILES string of the molecule is CCOC(=O)c1c(C(=O)CCc2onc(-c3ccc(OC)cc3)c2C2CC2)cn(CC)c1N. The number of anilines is 1. The number of ketones is 1. The van der Waals surface area contributed by atoms with Gasteiger partial charge in [0.2, 0.25) is 0 Å². The van der Waals surface area contributed by atoms with Gasteiger partial charge in [-0.25, -0.2) is 4.79 Å². The van der Waals surface area contributed by atoms with E-state index >= 15 is 0 Å². The molecule has 1 fully saturated rings. The number of hydrogen-bond donors (Lipinski definition) is 1. The van der Waals surface area contributed by atoms with Crippen molar-refractivity contribution >= 4 is 17.6 Å². The molecule has 174 valence electrons. The van der Waals surface area contributed by atoms with Gasteiger partial charge in [-0.1, -0.05) is 5.16 Å². The highest BCUT2D eigenvalue weighted by molar-refractivity contribution is 6.09. The molecule has 33 heavy (non-hydrogen) atoms. The summed E-state index contributed by atoms with van der Waals surface area (Å²) in [6.45, 7) is 4.37. The zero-order valence-corrected chi connectivity index (χ0v) is 19.2. The van der Waals surface area contributed by atoms with Gasteiger partial charge in [0.15, 0.2) is 5.78 Å². The first kappa shape index (κ1) is 22.6. The van der Waals surface area contributed by atoms with Gasteiger partial charge in [0.25, 0.3) is 0 Å². The fourth-order valence-corrected chi connectivity index (χ4v) is 4.09. The van der Waals surface area contributed by atoms with Gasteiger partial charge >= 0.3 is 5.97 Å². The lowest BCUT2D eigenvalue weighted by Crippen LogP contribution is -2.12. The maximum Gasteiger partial charge on any atom is 0.342 e. The molecule has 0 saturated heterocycles. The Labute approximate surface area is 192 Å². The van der Waals surface area contributed by atoms with E-state index in [2.05, 4.69) is 5.16 Å². The maximum atomic E-state index is 13.1. The van der Waals surface area contributed by atoms with Crippen molar-refractivity contribution in [3.8, 4) is 17.0 Å². The van der Waals surface area contributed by atoms with E-state index in [0.29, 0.717) is 18.9 Å². The van der Waals surface area contributed by atoms with Gasteiger partial charge in [0.05, 0.1) is 19.3 Å². The summed E-state index contributed by atoms with van der Waals surface area (Å²) in [5.74, 6) is 1.38. The molecule has 2 aromatic heterocycles. The molecular formula is C25H29N3O5. The van der Waals surface area contributed by atoms with Crippen molar-refractivity contribution in [2.24, 2.45) is 0 Å². The number of esters is 1. The minimum atomic E-state index is -0.578. The van der Waals surface area contributed by atoms with Gasteiger partial charge in [-0.3, -0.25) is 4.79 Å². The normalized spacial score (nSPS) is 13.2. The van der Waals surface area contributed by atoms with Gasteiger partial charge in [-0.05, 0) is 56.9 Å². The molecule has 2 heterocycles. The molecular weight excluding hydrogens is 422 g/mol. The van der Waals surface area contributed by atoms with E-state index in [-0.39, 0.29) is 35.8 Å². The van der Waals surface area contributed by atoms with Crippen LogP contribution in [0.2, 0.25) is 0 Å². The van der Waals surface area contributed by atoms with E-state index in [4.69, 9.17) is 19.7 Å². The predicted octanol–water partition coefficient (Wildman–Crippen LogP) is 4.62. The smallest absolute Gasteiger partial charge is 0.342 e. The van der Waals surface area contributed by atoms with Crippen molar-refractivity contribution in [2.75, 3.05) is 19.5 Å². The second kappa shape index (κ2) is 9.52. The van der Waals surface area contributed by atoms with Gasteiger partial charge in [-0.2, -0.15) is 0 Å². The van der Waals surface area contributed by atoms with Gasteiger partial charge in [0, 0.05) is 36.7 Å². The second-order valence-electron chi connectivity index (χ2n) is 8.10. The third-order valence-electron chi connectivity index (χ3n) is 5.97. The molecule has 0 unspecified atom stereocenters. The van der Waals surface area contributed by atoms with Crippen LogP contribution in [0.25, 0.3) is 11.3 Å². The number of nitrogen functional groups attached to an aromatic ring is 1. The third kappa shape index (κ3) is 4.51. The molecule has 8 nitrogen and oxygen atoms in total. The summed E-state index contributed by atoms with van der Waals surface area (Å²) < 4.78 is 17.8.